The fourth-order valence-electron chi connectivity index (χ4n) is 2.96. The molecule has 0 saturated carbocycles. The first-order valence-electron chi connectivity index (χ1n) is 8.67. The number of nitrogens with one attached hydrogen (secondary N) is 3. The zero-order chi connectivity index (χ0) is 19.2. The molecular weight excluding hydrogens is 348 g/mol. The fraction of sp³-hybridized carbons (Fsp3) is 0.389. The highest BCUT2D eigenvalue weighted by molar-refractivity contribution is 5.90. The number of ether oxygens (including phenoxy) is 2. The van der Waals surface area contributed by atoms with Crippen molar-refractivity contribution in [1.29, 1.82) is 0 Å². The van der Waals surface area contributed by atoms with E-state index in [-0.39, 0.29) is 12.1 Å². The molecule has 27 heavy (non-hydrogen) atoms. The van der Waals surface area contributed by atoms with Gasteiger partial charge in [0.25, 0.3) is 0 Å². The third-order valence-corrected chi connectivity index (χ3v) is 4.32. The molecule has 3 rings (SSSR count). The number of benzene rings is 1. The second-order valence-electron chi connectivity index (χ2n) is 6.12. The number of methoxy groups -OCH3 is 2. The smallest absolute Gasteiger partial charge is 0.319 e. The van der Waals surface area contributed by atoms with Crippen molar-refractivity contribution in [1.82, 2.24) is 15.3 Å². The number of aromatic nitrogens is 2. The predicted molar refractivity (Wildman–Crippen MR) is 104 cm³/mol. The molecule has 2 heterocycles. The fourth-order valence-corrected chi connectivity index (χ4v) is 2.96. The molecular formula is C18H24N6O3. The highest BCUT2D eigenvalue weighted by Crippen LogP contribution is 2.26. The van der Waals surface area contributed by atoms with Gasteiger partial charge in [0.15, 0.2) is 0 Å². The molecule has 3 N–H and O–H groups in total. The Kier molecular flexibility index (Phi) is 5.80. The molecule has 1 aliphatic rings. The Morgan fingerprint density at radius 2 is 1.96 bits per heavy atom. The molecule has 1 fully saturated rings. The van der Waals surface area contributed by atoms with Crippen LogP contribution in [0.15, 0.2) is 30.5 Å². The minimum atomic E-state index is -0.268. The van der Waals surface area contributed by atoms with E-state index in [0.717, 1.165) is 18.8 Å². The topological polar surface area (TPSA) is 101 Å². The van der Waals surface area contributed by atoms with E-state index in [1.54, 1.807) is 45.7 Å². The second-order valence-corrected chi connectivity index (χ2v) is 6.12. The van der Waals surface area contributed by atoms with Crippen LogP contribution in [0.1, 0.15) is 6.42 Å². The highest BCUT2D eigenvalue weighted by Gasteiger charge is 2.25. The maximum Gasteiger partial charge on any atom is 0.319 e. The number of rotatable bonds is 6. The van der Waals surface area contributed by atoms with E-state index in [1.807, 2.05) is 6.07 Å². The summed E-state index contributed by atoms with van der Waals surface area (Å²) in [4.78, 5) is 23.0. The van der Waals surface area contributed by atoms with Gasteiger partial charge in [0, 0.05) is 56.3 Å². The third-order valence-electron chi connectivity index (χ3n) is 4.32. The highest BCUT2D eigenvalue weighted by atomic mass is 16.5. The lowest BCUT2D eigenvalue weighted by molar-refractivity contribution is 0.249. The van der Waals surface area contributed by atoms with Gasteiger partial charge in [-0.2, -0.15) is 4.98 Å². The molecule has 1 atom stereocenters. The quantitative estimate of drug-likeness (QED) is 0.712. The molecule has 0 bridgehead atoms. The maximum atomic E-state index is 12.4. The summed E-state index contributed by atoms with van der Waals surface area (Å²) in [6.45, 7) is 1.51. The largest absolute Gasteiger partial charge is 0.497 e. The minimum Gasteiger partial charge on any atom is -0.497 e. The number of hydrogen-bond acceptors (Lipinski definition) is 7. The second kappa shape index (κ2) is 8.43. The van der Waals surface area contributed by atoms with Crippen molar-refractivity contribution in [2.75, 3.05) is 49.9 Å². The molecule has 0 radical (unpaired) electrons. The van der Waals surface area contributed by atoms with Crippen LogP contribution in [-0.2, 0) is 0 Å². The molecule has 2 aromatic rings. The van der Waals surface area contributed by atoms with E-state index >= 15 is 0 Å². The molecule has 144 valence electrons. The minimum absolute atomic E-state index is 0.0329. The average molecular weight is 372 g/mol. The SMILES string of the molecule is CNc1nccc(N2CC[C@H](NC(=O)Nc3cc(OC)cc(OC)c3)C2)n1. The van der Waals surface area contributed by atoms with Crippen molar-refractivity contribution in [2.24, 2.45) is 0 Å². The van der Waals surface area contributed by atoms with Gasteiger partial charge in [0.1, 0.15) is 17.3 Å². The van der Waals surface area contributed by atoms with Crippen LogP contribution < -0.4 is 30.3 Å². The lowest BCUT2D eigenvalue weighted by Crippen LogP contribution is -2.39. The molecule has 0 unspecified atom stereocenters. The van der Waals surface area contributed by atoms with E-state index in [4.69, 9.17) is 9.47 Å². The zero-order valence-corrected chi connectivity index (χ0v) is 15.7. The van der Waals surface area contributed by atoms with Crippen LogP contribution in [0, 0.1) is 0 Å². The summed E-state index contributed by atoms with van der Waals surface area (Å²) >= 11 is 0. The van der Waals surface area contributed by atoms with E-state index in [2.05, 4.69) is 30.8 Å². The molecule has 1 saturated heterocycles. The van der Waals surface area contributed by atoms with Gasteiger partial charge < -0.3 is 30.3 Å². The van der Waals surface area contributed by atoms with Crippen molar-refractivity contribution in [2.45, 2.75) is 12.5 Å². The summed E-state index contributed by atoms with van der Waals surface area (Å²) in [6, 6.07) is 6.86. The summed E-state index contributed by atoms with van der Waals surface area (Å²) < 4.78 is 10.4. The molecule has 1 aromatic carbocycles. The van der Waals surface area contributed by atoms with Gasteiger partial charge in [0.2, 0.25) is 5.95 Å². The van der Waals surface area contributed by atoms with Gasteiger partial charge in [-0.25, -0.2) is 9.78 Å². The van der Waals surface area contributed by atoms with Crippen molar-refractivity contribution in [3.8, 4) is 11.5 Å². The van der Waals surface area contributed by atoms with Gasteiger partial charge >= 0.3 is 6.03 Å². The Hall–Kier alpha value is -3.23. The molecule has 0 aliphatic carbocycles. The van der Waals surface area contributed by atoms with Crippen LogP contribution in [0.25, 0.3) is 0 Å². The first-order valence-corrected chi connectivity index (χ1v) is 8.67. The third kappa shape index (κ3) is 4.69. The van der Waals surface area contributed by atoms with E-state index in [1.165, 1.54) is 0 Å². The molecule has 9 heteroatoms. The first-order chi connectivity index (χ1) is 13.1. The lowest BCUT2D eigenvalue weighted by Gasteiger charge is -2.18. The number of amides is 2. The molecule has 0 spiro atoms. The summed E-state index contributed by atoms with van der Waals surface area (Å²) in [5.74, 6) is 2.65. The van der Waals surface area contributed by atoms with E-state index in [0.29, 0.717) is 29.7 Å². The van der Waals surface area contributed by atoms with Gasteiger partial charge in [-0.05, 0) is 12.5 Å². The number of carbonyl (C=O) groups excluding carboxylic acids is 1. The average Bonchev–Trinajstić information content (AvgIpc) is 3.15. The van der Waals surface area contributed by atoms with Crippen LogP contribution in [0.3, 0.4) is 0 Å². The Morgan fingerprint density at radius 3 is 2.63 bits per heavy atom. The maximum absolute atomic E-state index is 12.4. The monoisotopic (exact) mass is 372 g/mol. The first kappa shape index (κ1) is 18.6. The number of urea groups is 1. The zero-order valence-electron chi connectivity index (χ0n) is 15.7. The predicted octanol–water partition coefficient (Wildman–Crippen LogP) is 1.94. The number of nitrogens with zero attached hydrogens (tertiary/aromatic N) is 3. The number of anilines is 3. The molecule has 1 aromatic heterocycles. The van der Waals surface area contributed by atoms with Crippen LogP contribution >= 0.6 is 0 Å². The number of carbonyl (C=O) groups is 1. The standard InChI is InChI=1S/C18H24N6O3/c1-19-17-20-6-4-16(23-17)24-7-5-12(11-24)21-18(25)22-13-8-14(26-2)10-15(9-13)27-3/h4,6,8-10,12H,5,7,11H2,1-3H3,(H,19,20,23)(H2,21,22,25)/t12-/m0/s1. The summed E-state index contributed by atoms with van der Waals surface area (Å²) in [5, 5.41) is 8.76. The van der Waals surface area contributed by atoms with Crippen LogP contribution in [0.5, 0.6) is 11.5 Å². The Morgan fingerprint density at radius 1 is 1.22 bits per heavy atom. The normalized spacial score (nSPS) is 16.0. The molecule has 9 nitrogen and oxygen atoms in total. The van der Waals surface area contributed by atoms with Gasteiger partial charge in [-0.1, -0.05) is 0 Å². The van der Waals surface area contributed by atoms with Crippen LogP contribution in [-0.4, -0.2) is 56.4 Å². The van der Waals surface area contributed by atoms with Crippen molar-refractivity contribution in [3.63, 3.8) is 0 Å². The summed E-state index contributed by atoms with van der Waals surface area (Å²) in [5.41, 5.74) is 0.605. The number of hydrogen-bond donors (Lipinski definition) is 3. The van der Waals surface area contributed by atoms with Crippen molar-refractivity contribution < 1.29 is 14.3 Å². The molecule has 1 aliphatic heterocycles. The van der Waals surface area contributed by atoms with Crippen LogP contribution in [0.2, 0.25) is 0 Å². The van der Waals surface area contributed by atoms with E-state index < -0.39 is 0 Å². The van der Waals surface area contributed by atoms with Gasteiger partial charge in [-0.3, -0.25) is 0 Å². The van der Waals surface area contributed by atoms with Crippen molar-refractivity contribution in [3.05, 3.63) is 30.5 Å². The summed E-state index contributed by atoms with van der Waals surface area (Å²) in [6.07, 6.45) is 2.56. The van der Waals surface area contributed by atoms with Gasteiger partial charge in [-0.15, -0.1) is 0 Å². The molecule has 2 amide bonds. The Balaban J connectivity index is 1.57. The summed E-state index contributed by atoms with van der Waals surface area (Å²) in [7, 11) is 4.92. The van der Waals surface area contributed by atoms with Crippen LogP contribution in [0.4, 0.5) is 22.2 Å². The van der Waals surface area contributed by atoms with E-state index in [9.17, 15) is 4.79 Å². The lowest BCUT2D eigenvalue weighted by atomic mass is 10.2. The van der Waals surface area contributed by atoms with Gasteiger partial charge in [0.05, 0.1) is 14.2 Å². The van der Waals surface area contributed by atoms with Crippen molar-refractivity contribution >= 4 is 23.5 Å². The Bertz CT molecular complexity index is 778. The Labute approximate surface area is 158 Å².